The molecule has 0 unspecified atom stereocenters. The van der Waals surface area contributed by atoms with Crippen molar-refractivity contribution in [1.29, 1.82) is 0 Å². The zero-order valence-corrected chi connectivity index (χ0v) is 24.3. The molecule has 3 rings (SSSR count). The number of nitro benzene ring substituents is 1. The number of nitrogens with zero attached hydrogens (tertiary/aromatic N) is 1. The number of alkyl carbamates (subject to hydrolysis) is 1. The number of rotatable bonds is 13. The lowest BCUT2D eigenvalue weighted by Crippen LogP contribution is -2.50. The van der Waals surface area contributed by atoms with Crippen molar-refractivity contribution in [3.8, 4) is 5.75 Å². The van der Waals surface area contributed by atoms with Crippen molar-refractivity contribution in [2.75, 3.05) is 12.3 Å². The van der Waals surface area contributed by atoms with Gasteiger partial charge in [-0.1, -0.05) is 60.7 Å². The van der Waals surface area contributed by atoms with Gasteiger partial charge in [-0.3, -0.25) is 19.7 Å². The predicted molar refractivity (Wildman–Crippen MR) is 157 cm³/mol. The highest BCUT2D eigenvalue weighted by atomic mass is 32.2. The predicted octanol–water partition coefficient (Wildman–Crippen LogP) is 5.02. The molecule has 42 heavy (non-hydrogen) atoms. The van der Waals surface area contributed by atoms with Gasteiger partial charge in [0, 0.05) is 17.9 Å². The number of carbonyl (C=O) groups is 3. The average molecular weight is 596 g/mol. The molecule has 0 bridgehead atoms. The molecule has 2 amide bonds. The highest BCUT2D eigenvalue weighted by molar-refractivity contribution is 7.99. The van der Waals surface area contributed by atoms with Gasteiger partial charge in [-0.05, 0) is 38.0 Å². The lowest BCUT2D eigenvalue weighted by atomic mass is 10.2. The van der Waals surface area contributed by atoms with E-state index in [1.165, 1.54) is 18.2 Å². The van der Waals surface area contributed by atoms with E-state index in [1.807, 2.05) is 48.5 Å². The first kappa shape index (κ1) is 31.9. The summed E-state index contributed by atoms with van der Waals surface area (Å²) in [5.41, 5.74) is 0.708. The topological polar surface area (TPSA) is 146 Å². The van der Waals surface area contributed by atoms with Crippen molar-refractivity contribution in [3.05, 3.63) is 100 Å². The number of amides is 2. The minimum absolute atomic E-state index is 0.0452. The molecule has 11 nitrogen and oxygen atoms in total. The van der Waals surface area contributed by atoms with Gasteiger partial charge in [-0.25, -0.2) is 4.79 Å². The van der Waals surface area contributed by atoms with Gasteiger partial charge in [0.2, 0.25) is 5.91 Å². The van der Waals surface area contributed by atoms with E-state index in [0.717, 1.165) is 22.9 Å². The summed E-state index contributed by atoms with van der Waals surface area (Å²) >= 11 is 1.08. The largest absolute Gasteiger partial charge is 0.488 e. The molecular formula is C30H33N3O8S. The molecule has 0 spiro atoms. The Morgan fingerprint density at radius 2 is 1.55 bits per heavy atom. The van der Waals surface area contributed by atoms with Gasteiger partial charge >= 0.3 is 12.1 Å². The Morgan fingerprint density at radius 1 is 0.929 bits per heavy atom. The van der Waals surface area contributed by atoms with Gasteiger partial charge in [-0.15, -0.1) is 11.8 Å². The van der Waals surface area contributed by atoms with Crippen LogP contribution < -0.4 is 15.4 Å². The van der Waals surface area contributed by atoms with Crippen LogP contribution in [0.5, 0.6) is 5.75 Å². The maximum absolute atomic E-state index is 13.1. The zero-order chi connectivity index (χ0) is 30.5. The van der Waals surface area contributed by atoms with Crippen molar-refractivity contribution in [1.82, 2.24) is 10.6 Å². The summed E-state index contributed by atoms with van der Waals surface area (Å²) in [5.74, 6) is -1.00. The quantitative estimate of drug-likeness (QED) is 0.120. The van der Waals surface area contributed by atoms with Crippen molar-refractivity contribution in [2.45, 2.75) is 50.5 Å². The number of benzene rings is 3. The Balaban J connectivity index is 1.70. The molecule has 12 heteroatoms. The van der Waals surface area contributed by atoms with Crippen LogP contribution in [0.4, 0.5) is 10.5 Å². The third-order valence-electron chi connectivity index (χ3n) is 5.44. The molecular weight excluding hydrogens is 562 g/mol. The van der Waals surface area contributed by atoms with Crippen LogP contribution in [0.3, 0.4) is 0 Å². The van der Waals surface area contributed by atoms with Crippen LogP contribution in [0.1, 0.15) is 31.9 Å². The lowest BCUT2D eigenvalue weighted by molar-refractivity contribution is -0.385. The van der Waals surface area contributed by atoms with E-state index in [9.17, 15) is 24.5 Å². The number of nitro groups is 1. The van der Waals surface area contributed by atoms with E-state index in [-0.39, 0.29) is 24.7 Å². The van der Waals surface area contributed by atoms with Gasteiger partial charge in [0.25, 0.3) is 5.69 Å². The van der Waals surface area contributed by atoms with Gasteiger partial charge in [-0.2, -0.15) is 0 Å². The molecule has 0 saturated heterocycles. The molecule has 0 radical (unpaired) electrons. The number of esters is 1. The summed E-state index contributed by atoms with van der Waals surface area (Å²) in [6.45, 7) is 4.88. The van der Waals surface area contributed by atoms with Crippen LogP contribution in [0.25, 0.3) is 0 Å². The normalized spacial score (nSPS) is 11.6. The Bertz CT molecular complexity index is 1360. The van der Waals surface area contributed by atoms with E-state index < -0.39 is 41.1 Å². The molecule has 3 aromatic carbocycles. The number of thioether (sulfide) groups is 1. The van der Waals surface area contributed by atoms with Crippen molar-refractivity contribution in [3.63, 3.8) is 0 Å². The number of non-ortho nitro benzene ring substituents is 1. The summed E-state index contributed by atoms with van der Waals surface area (Å²) in [6.07, 6.45) is -0.838. The average Bonchev–Trinajstić information content (AvgIpc) is 2.96. The SMILES string of the molecule is CC(C)(C)OC(=O)N[C@@H](CSc1cc([N+](=O)[O-])ccc1OCc1ccccc1)C(=O)NCC(=O)OCc1ccccc1. The van der Waals surface area contributed by atoms with Crippen LogP contribution in [0.2, 0.25) is 0 Å². The molecule has 222 valence electrons. The van der Waals surface area contributed by atoms with E-state index >= 15 is 0 Å². The first-order chi connectivity index (χ1) is 20.0. The van der Waals surface area contributed by atoms with E-state index in [4.69, 9.17) is 14.2 Å². The molecule has 0 aliphatic carbocycles. The first-order valence-electron chi connectivity index (χ1n) is 13.0. The van der Waals surface area contributed by atoms with Crippen LogP contribution in [-0.4, -0.2) is 46.8 Å². The monoisotopic (exact) mass is 595 g/mol. The fourth-order valence-electron chi connectivity index (χ4n) is 3.46. The van der Waals surface area contributed by atoms with Crippen LogP contribution in [0, 0.1) is 10.1 Å². The molecule has 0 heterocycles. The van der Waals surface area contributed by atoms with Crippen molar-refractivity contribution in [2.24, 2.45) is 0 Å². The molecule has 0 fully saturated rings. The summed E-state index contributed by atoms with van der Waals surface area (Å²) in [6, 6.07) is 21.5. The molecule has 0 aliphatic heterocycles. The van der Waals surface area contributed by atoms with Gasteiger partial charge in [0.1, 0.15) is 37.2 Å². The van der Waals surface area contributed by atoms with Gasteiger partial charge in [0.15, 0.2) is 0 Å². The van der Waals surface area contributed by atoms with E-state index in [2.05, 4.69) is 10.6 Å². The number of carbonyl (C=O) groups excluding carboxylic acids is 3. The third kappa shape index (κ3) is 11.1. The van der Waals surface area contributed by atoms with Crippen LogP contribution >= 0.6 is 11.8 Å². The fraction of sp³-hybridized carbons (Fsp3) is 0.300. The summed E-state index contributed by atoms with van der Waals surface area (Å²) in [5, 5.41) is 16.4. The Hall–Kier alpha value is -4.58. The van der Waals surface area contributed by atoms with Gasteiger partial charge < -0.3 is 24.8 Å². The highest BCUT2D eigenvalue weighted by Gasteiger charge is 2.26. The summed E-state index contributed by atoms with van der Waals surface area (Å²) in [4.78, 5) is 49.1. The minimum Gasteiger partial charge on any atom is -0.488 e. The summed E-state index contributed by atoms with van der Waals surface area (Å²) < 4.78 is 16.4. The number of ether oxygens (including phenoxy) is 3. The third-order valence-corrected chi connectivity index (χ3v) is 6.57. The maximum Gasteiger partial charge on any atom is 0.408 e. The Labute approximate surface area is 248 Å². The fourth-order valence-corrected chi connectivity index (χ4v) is 4.51. The zero-order valence-electron chi connectivity index (χ0n) is 23.5. The second-order valence-electron chi connectivity index (χ2n) is 10.0. The second kappa shape index (κ2) is 15.4. The first-order valence-corrected chi connectivity index (χ1v) is 14.0. The van der Waals surface area contributed by atoms with E-state index in [1.54, 1.807) is 32.9 Å². The molecule has 3 aromatic rings. The highest BCUT2D eigenvalue weighted by Crippen LogP contribution is 2.34. The van der Waals surface area contributed by atoms with Crippen molar-refractivity contribution < 1.29 is 33.5 Å². The molecule has 0 saturated carbocycles. The number of nitrogens with one attached hydrogen (secondary N) is 2. The second-order valence-corrected chi connectivity index (χ2v) is 11.1. The number of hydrogen-bond donors (Lipinski definition) is 2. The van der Waals surface area contributed by atoms with Crippen molar-refractivity contribution >= 4 is 35.4 Å². The van der Waals surface area contributed by atoms with Crippen LogP contribution in [-0.2, 0) is 32.3 Å². The van der Waals surface area contributed by atoms with E-state index in [0.29, 0.717) is 10.6 Å². The Morgan fingerprint density at radius 3 is 2.14 bits per heavy atom. The number of hydrogen-bond acceptors (Lipinski definition) is 9. The lowest BCUT2D eigenvalue weighted by Gasteiger charge is -2.23. The standard InChI is InChI=1S/C30H33N3O8S/c1-30(2,3)41-29(36)32-24(28(35)31-17-27(34)40-19-22-12-8-5-9-13-22)20-42-26-16-23(33(37)38)14-15-25(26)39-18-21-10-6-4-7-11-21/h4-16,24H,17-20H2,1-3H3,(H,31,35)(H,32,36)/t24-/m0/s1. The van der Waals surface area contributed by atoms with Crippen LogP contribution in [0.15, 0.2) is 83.8 Å². The molecule has 2 N–H and O–H groups in total. The molecule has 0 aromatic heterocycles. The Kier molecular flexibility index (Phi) is 11.7. The molecule has 0 aliphatic rings. The smallest absolute Gasteiger partial charge is 0.408 e. The maximum atomic E-state index is 13.1. The minimum atomic E-state index is -1.16. The molecule has 1 atom stereocenters. The summed E-state index contributed by atoms with van der Waals surface area (Å²) in [7, 11) is 0. The van der Waals surface area contributed by atoms with Gasteiger partial charge in [0.05, 0.1) is 9.82 Å².